The van der Waals surface area contributed by atoms with Crippen molar-refractivity contribution in [2.24, 2.45) is 11.8 Å². The number of hydrogen-bond acceptors (Lipinski definition) is 6. The lowest BCUT2D eigenvalue weighted by Gasteiger charge is -2.30. The van der Waals surface area contributed by atoms with E-state index in [4.69, 9.17) is 25.5 Å². The van der Waals surface area contributed by atoms with Gasteiger partial charge in [0.05, 0.1) is 25.2 Å². The predicted octanol–water partition coefficient (Wildman–Crippen LogP) is 6.77. The SMILES string of the molecule is Cc1ccc(-c2nc(CO[C@H]3CCC[C@@H](COC4=C(C(=O)O)SC5C=C(Cl)C=CC45)C3)c(C)o2)cc1. The molecule has 36 heavy (non-hydrogen) atoms. The van der Waals surface area contributed by atoms with Gasteiger partial charge in [0.25, 0.3) is 0 Å². The predicted molar refractivity (Wildman–Crippen MR) is 141 cm³/mol. The molecule has 190 valence electrons. The molecule has 1 aromatic carbocycles. The molecule has 5 rings (SSSR count). The fourth-order valence-electron chi connectivity index (χ4n) is 4.96. The van der Waals surface area contributed by atoms with Crippen LogP contribution in [0.5, 0.6) is 0 Å². The molecular formula is C28H30ClNO5S. The number of benzene rings is 1. The van der Waals surface area contributed by atoms with Gasteiger partial charge in [-0.15, -0.1) is 11.8 Å². The Bertz CT molecular complexity index is 1220. The van der Waals surface area contributed by atoms with Crippen molar-refractivity contribution in [3.05, 3.63) is 75.2 Å². The van der Waals surface area contributed by atoms with Crippen molar-refractivity contribution >= 4 is 29.3 Å². The topological polar surface area (TPSA) is 81.8 Å². The van der Waals surface area contributed by atoms with Gasteiger partial charge in [0.2, 0.25) is 5.89 Å². The maximum atomic E-state index is 11.8. The van der Waals surface area contributed by atoms with E-state index in [1.807, 2.05) is 49.4 Å². The molecule has 0 radical (unpaired) electrons. The second kappa shape index (κ2) is 10.9. The quantitative estimate of drug-likeness (QED) is 0.405. The molecule has 2 heterocycles. The minimum atomic E-state index is -0.944. The van der Waals surface area contributed by atoms with E-state index in [-0.39, 0.29) is 22.2 Å². The molecule has 1 N–H and O–H groups in total. The highest BCUT2D eigenvalue weighted by molar-refractivity contribution is 8.05. The summed E-state index contributed by atoms with van der Waals surface area (Å²) in [6.07, 6.45) is 9.74. The molecule has 6 nitrogen and oxygen atoms in total. The first-order valence-corrected chi connectivity index (χ1v) is 13.6. The fraction of sp³-hybridized carbons (Fsp3) is 0.429. The first kappa shape index (κ1) is 25.2. The van der Waals surface area contributed by atoms with Crippen LogP contribution < -0.4 is 0 Å². The van der Waals surface area contributed by atoms with Crippen molar-refractivity contribution in [1.82, 2.24) is 4.98 Å². The van der Waals surface area contributed by atoms with Crippen molar-refractivity contribution in [2.75, 3.05) is 6.61 Å². The minimum Gasteiger partial charge on any atom is -0.496 e. The third kappa shape index (κ3) is 5.58. The normalized spacial score (nSPS) is 25.6. The molecule has 2 aromatic rings. The highest BCUT2D eigenvalue weighted by Gasteiger charge is 2.39. The van der Waals surface area contributed by atoms with Crippen LogP contribution in [0, 0.1) is 25.7 Å². The van der Waals surface area contributed by atoms with Crippen LogP contribution >= 0.6 is 23.4 Å². The number of aromatic nitrogens is 1. The van der Waals surface area contributed by atoms with Gasteiger partial charge in [-0.2, -0.15) is 0 Å². The van der Waals surface area contributed by atoms with E-state index in [9.17, 15) is 9.90 Å². The van der Waals surface area contributed by atoms with Crippen molar-refractivity contribution < 1.29 is 23.8 Å². The minimum absolute atomic E-state index is 0.0264. The zero-order valence-corrected chi connectivity index (χ0v) is 22.0. The van der Waals surface area contributed by atoms with Crippen LogP contribution in [0.15, 0.2) is 62.6 Å². The second-order valence-corrected chi connectivity index (χ2v) is 11.3. The number of carboxylic acids is 1. The summed E-state index contributed by atoms with van der Waals surface area (Å²) in [5.41, 5.74) is 2.97. The summed E-state index contributed by atoms with van der Waals surface area (Å²) >= 11 is 7.44. The van der Waals surface area contributed by atoms with E-state index in [2.05, 4.69) is 11.9 Å². The highest BCUT2D eigenvalue weighted by atomic mass is 35.5. The summed E-state index contributed by atoms with van der Waals surface area (Å²) in [5, 5.41) is 10.3. The van der Waals surface area contributed by atoms with E-state index < -0.39 is 5.97 Å². The molecule has 0 spiro atoms. The highest BCUT2D eigenvalue weighted by Crippen LogP contribution is 2.47. The van der Waals surface area contributed by atoms with Gasteiger partial charge in [0.1, 0.15) is 22.1 Å². The number of aryl methyl sites for hydroxylation is 2. The number of halogens is 1. The van der Waals surface area contributed by atoms with Gasteiger partial charge in [-0.05, 0) is 57.2 Å². The smallest absolute Gasteiger partial charge is 0.345 e. The number of ether oxygens (including phenoxy) is 2. The molecule has 1 saturated carbocycles. The number of rotatable bonds is 8. The molecule has 1 fully saturated rings. The molecule has 0 amide bonds. The van der Waals surface area contributed by atoms with Gasteiger partial charge in [0, 0.05) is 15.8 Å². The Balaban J connectivity index is 1.17. The number of oxazole rings is 1. The summed E-state index contributed by atoms with van der Waals surface area (Å²) in [4.78, 5) is 16.8. The zero-order chi connectivity index (χ0) is 25.2. The summed E-state index contributed by atoms with van der Waals surface area (Å²) in [6, 6.07) is 8.12. The standard InChI is InChI=1S/C28H30ClNO5S/c1-16-6-8-19(9-7-16)27-30-23(17(2)35-27)15-33-21-5-3-4-18(12-21)14-34-25-22-11-10-20(29)13-24(22)36-26(25)28(31)32/h6-11,13,18,21-22,24H,3-5,12,14-15H2,1-2H3,(H,31,32)/t18-,21+,22?,24?/m1/s1. The van der Waals surface area contributed by atoms with Crippen LogP contribution in [0.2, 0.25) is 0 Å². The van der Waals surface area contributed by atoms with Crippen molar-refractivity contribution in [3.8, 4) is 11.5 Å². The molecule has 8 heteroatoms. The number of allylic oxidation sites excluding steroid dienone is 3. The van der Waals surface area contributed by atoms with E-state index >= 15 is 0 Å². The number of aliphatic carboxylic acids is 1. The lowest BCUT2D eigenvalue weighted by Crippen LogP contribution is -2.26. The number of carbonyl (C=O) groups is 1. The van der Waals surface area contributed by atoms with Gasteiger partial charge >= 0.3 is 5.97 Å². The van der Waals surface area contributed by atoms with Crippen molar-refractivity contribution in [1.29, 1.82) is 0 Å². The summed E-state index contributed by atoms with van der Waals surface area (Å²) in [5.74, 6) is 1.22. The molecule has 3 aliphatic rings. The molecule has 0 saturated heterocycles. The second-order valence-electron chi connectivity index (χ2n) is 9.68. The van der Waals surface area contributed by atoms with Crippen LogP contribution in [0.4, 0.5) is 0 Å². The maximum absolute atomic E-state index is 11.8. The van der Waals surface area contributed by atoms with E-state index in [1.165, 1.54) is 17.3 Å². The maximum Gasteiger partial charge on any atom is 0.345 e. The summed E-state index contributed by atoms with van der Waals surface area (Å²) < 4.78 is 18.3. The van der Waals surface area contributed by atoms with Crippen molar-refractivity contribution in [2.45, 2.75) is 57.5 Å². The first-order chi connectivity index (χ1) is 17.4. The van der Waals surface area contributed by atoms with Crippen LogP contribution in [0.3, 0.4) is 0 Å². The fourth-order valence-corrected chi connectivity index (χ4v) is 6.50. The third-order valence-corrected chi connectivity index (χ3v) is 8.54. The van der Waals surface area contributed by atoms with Gasteiger partial charge < -0.3 is 19.0 Å². The Morgan fingerprint density at radius 3 is 2.83 bits per heavy atom. The largest absolute Gasteiger partial charge is 0.496 e. The third-order valence-electron chi connectivity index (χ3n) is 6.97. The molecule has 0 bridgehead atoms. The number of thioether (sulfide) groups is 1. The number of carboxylic acid groups (broad SMARTS) is 1. The van der Waals surface area contributed by atoms with Crippen LogP contribution in [0.1, 0.15) is 42.7 Å². The number of hydrogen-bond donors (Lipinski definition) is 1. The van der Waals surface area contributed by atoms with Crippen LogP contribution in [-0.4, -0.2) is 34.0 Å². The van der Waals surface area contributed by atoms with Gasteiger partial charge in [0.15, 0.2) is 0 Å². The van der Waals surface area contributed by atoms with E-state index in [1.54, 1.807) is 0 Å². The molecule has 4 atom stereocenters. The van der Waals surface area contributed by atoms with E-state index in [0.717, 1.165) is 42.7 Å². The Kier molecular flexibility index (Phi) is 7.60. The lowest BCUT2D eigenvalue weighted by atomic mass is 9.87. The van der Waals surface area contributed by atoms with Crippen molar-refractivity contribution in [3.63, 3.8) is 0 Å². The average molecular weight is 528 g/mol. The average Bonchev–Trinajstić information content (AvgIpc) is 3.42. The van der Waals surface area contributed by atoms with E-state index in [0.29, 0.717) is 35.8 Å². The zero-order valence-electron chi connectivity index (χ0n) is 20.4. The summed E-state index contributed by atoms with van der Waals surface area (Å²) in [7, 11) is 0. The molecule has 1 aromatic heterocycles. The first-order valence-electron chi connectivity index (χ1n) is 12.3. The van der Waals surface area contributed by atoms with Gasteiger partial charge in [-0.3, -0.25) is 0 Å². The Morgan fingerprint density at radius 2 is 2.06 bits per heavy atom. The monoisotopic (exact) mass is 527 g/mol. The Labute approximate surface area is 220 Å². The van der Waals surface area contributed by atoms with Gasteiger partial charge in [-0.1, -0.05) is 47.9 Å². The Morgan fingerprint density at radius 1 is 1.25 bits per heavy atom. The van der Waals surface area contributed by atoms with Crippen LogP contribution in [-0.2, 0) is 20.9 Å². The van der Waals surface area contributed by atoms with Crippen LogP contribution in [0.25, 0.3) is 11.5 Å². The lowest BCUT2D eigenvalue weighted by molar-refractivity contribution is -0.132. The van der Waals surface area contributed by atoms with Gasteiger partial charge in [-0.25, -0.2) is 9.78 Å². The number of fused-ring (bicyclic) bond motifs is 1. The Hall–Kier alpha value is -2.48. The molecule has 2 aliphatic carbocycles. The summed E-state index contributed by atoms with van der Waals surface area (Å²) in [6.45, 7) is 4.87. The molecule has 1 aliphatic heterocycles. The molecular weight excluding hydrogens is 498 g/mol. The number of nitrogens with zero attached hydrogens (tertiary/aromatic N) is 1. The molecule has 2 unspecified atom stereocenters.